The molecule has 0 aromatic carbocycles. The van der Waals surface area contributed by atoms with Crippen molar-refractivity contribution in [2.24, 2.45) is 0 Å². The van der Waals surface area contributed by atoms with Crippen molar-refractivity contribution in [1.82, 2.24) is 10.3 Å². The van der Waals surface area contributed by atoms with Crippen LogP contribution in [0.4, 0.5) is 11.5 Å². The van der Waals surface area contributed by atoms with Gasteiger partial charge in [0.15, 0.2) is 0 Å². The highest BCUT2D eigenvalue weighted by molar-refractivity contribution is 7.99. The van der Waals surface area contributed by atoms with Crippen molar-refractivity contribution in [3.63, 3.8) is 0 Å². The molecule has 1 rings (SSSR count). The fourth-order valence-electron chi connectivity index (χ4n) is 1.27. The molecule has 10 heteroatoms. The molecule has 0 radical (unpaired) electrons. The van der Waals surface area contributed by atoms with Gasteiger partial charge in [-0.15, -0.1) is 11.8 Å². The van der Waals surface area contributed by atoms with E-state index < -0.39 is 22.8 Å². The maximum Gasteiger partial charge on any atom is 0.327 e. The summed E-state index contributed by atoms with van der Waals surface area (Å²) in [5.41, 5.74) is 5.10. The molecule has 0 unspecified atom stereocenters. The van der Waals surface area contributed by atoms with Crippen molar-refractivity contribution in [1.29, 1.82) is 0 Å². The van der Waals surface area contributed by atoms with Gasteiger partial charge in [0.2, 0.25) is 11.7 Å². The smallest absolute Gasteiger partial charge is 0.327 e. The number of hydrogen-bond donors (Lipinski definition) is 3. The van der Waals surface area contributed by atoms with E-state index in [1.807, 2.05) is 0 Å². The van der Waals surface area contributed by atoms with Gasteiger partial charge in [0, 0.05) is 18.7 Å². The predicted octanol–water partition coefficient (Wildman–Crippen LogP) is 0.253. The summed E-state index contributed by atoms with van der Waals surface area (Å²) < 4.78 is 0. The van der Waals surface area contributed by atoms with Gasteiger partial charge in [-0.1, -0.05) is 0 Å². The lowest BCUT2D eigenvalue weighted by molar-refractivity contribution is -0.384. The zero-order chi connectivity index (χ0) is 15.3. The van der Waals surface area contributed by atoms with Gasteiger partial charge in [-0.05, 0) is 6.07 Å². The SMILES string of the molecule is CC(=O)N[C@@H](CSc1ccc([N+](=O)[O-])c(N)n1)C(=O)O. The first kappa shape index (κ1) is 15.7. The summed E-state index contributed by atoms with van der Waals surface area (Å²) in [6.45, 7) is 1.21. The van der Waals surface area contributed by atoms with Crippen LogP contribution in [0.1, 0.15) is 6.92 Å². The first-order valence-electron chi connectivity index (χ1n) is 5.35. The Morgan fingerprint density at radius 2 is 2.25 bits per heavy atom. The average molecular weight is 300 g/mol. The summed E-state index contributed by atoms with van der Waals surface area (Å²) in [7, 11) is 0. The molecule has 9 nitrogen and oxygen atoms in total. The number of thioether (sulfide) groups is 1. The molecule has 0 saturated carbocycles. The summed E-state index contributed by atoms with van der Waals surface area (Å²) in [6, 6.07) is 1.49. The third-order valence-electron chi connectivity index (χ3n) is 2.15. The second-order valence-corrected chi connectivity index (χ2v) is 4.75. The number of hydrogen-bond acceptors (Lipinski definition) is 7. The molecular formula is C10H12N4O5S. The van der Waals surface area contributed by atoms with E-state index in [9.17, 15) is 19.7 Å². The Labute approximate surface area is 117 Å². The maximum absolute atomic E-state index is 10.9. The summed E-state index contributed by atoms with van der Waals surface area (Å²) in [5, 5.41) is 22.1. The molecule has 0 aliphatic carbocycles. The van der Waals surface area contributed by atoms with Crippen LogP contribution >= 0.6 is 11.8 Å². The van der Waals surface area contributed by atoms with E-state index in [0.717, 1.165) is 11.8 Å². The fourth-order valence-corrected chi connectivity index (χ4v) is 2.16. The Morgan fingerprint density at radius 1 is 1.60 bits per heavy atom. The summed E-state index contributed by atoms with van der Waals surface area (Å²) >= 11 is 1.02. The molecule has 1 atom stereocenters. The van der Waals surface area contributed by atoms with Gasteiger partial charge >= 0.3 is 11.7 Å². The van der Waals surface area contributed by atoms with E-state index in [0.29, 0.717) is 5.03 Å². The number of nitro groups is 1. The van der Waals surface area contributed by atoms with Crippen LogP contribution in [0.5, 0.6) is 0 Å². The lowest BCUT2D eigenvalue weighted by atomic mass is 10.3. The molecule has 4 N–H and O–H groups in total. The first-order valence-corrected chi connectivity index (χ1v) is 6.33. The van der Waals surface area contributed by atoms with Gasteiger partial charge in [-0.2, -0.15) is 0 Å². The summed E-state index contributed by atoms with van der Waals surface area (Å²) in [6.07, 6.45) is 0. The van der Waals surface area contributed by atoms with Gasteiger partial charge in [-0.25, -0.2) is 9.78 Å². The normalized spacial score (nSPS) is 11.7. The quantitative estimate of drug-likeness (QED) is 0.384. The van der Waals surface area contributed by atoms with Crippen molar-refractivity contribution in [3.05, 3.63) is 22.2 Å². The summed E-state index contributed by atoms with van der Waals surface area (Å²) in [4.78, 5) is 35.5. The highest BCUT2D eigenvalue weighted by atomic mass is 32.2. The van der Waals surface area contributed by atoms with Gasteiger partial charge in [-0.3, -0.25) is 14.9 Å². The van der Waals surface area contributed by atoms with E-state index in [-0.39, 0.29) is 17.3 Å². The predicted molar refractivity (Wildman–Crippen MR) is 71.3 cm³/mol. The maximum atomic E-state index is 10.9. The number of amides is 1. The Morgan fingerprint density at radius 3 is 2.70 bits per heavy atom. The molecule has 108 valence electrons. The third kappa shape index (κ3) is 4.39. The molecule has 1 aromatic rings. The molecule has 0 spiro atoms. The fraction of sp³-hybridized carbons (Fsp3) is 0.300. The number of nitrogens with two attached hydrogens (primary N) is 1. The van der Waals surface area contributed by atoms with E-state index >= 15 is 0 Å². The Bertz CT molecular complexity index is 550. The highest BCUT2D eigenvalue weighted by Crippen LogP contribution is 2.24. The summed E-state index contributed by atoms with van der Waals surface area (Å²) in [5.74, 6) is -1.86. The molecule has 1 heterocycles. The number of pyridine rings is 1. The van der Waals surface area contributed by atoms with Crippen LogP contribution in [-0.2, 0) is 9.59 Å². The van der Waals surface area contributed by atoms with Crippen LogP contribution in [0.15, 0.2) is 17.2 Å². The number of carboxylic acid groups (broad SMARTS) is 1. The minimum Gasteiger partial charge on any atom is -0.480 e. The van der Waals surface area contributed by atoms with Gasteiger partial charge in [0.1, 0.15) is 6.04 Å². The Kier molecular flexibility index (Phi) is 5.26. The second-order valence-electron chi connectivity index (χ2n) is 3.71. The standard InChI is InChI=1S/C10H12N4O5S/c1-5(15)12-6(10(16)17)4-20-8-3-2-7(14(18)19)9(11)13-8/h2-3,6H,4H2,1H3,(H2,11,13)(H,12,15)(H,16,17)/t6-/m0/s1. The highest BCUT2D eigenvalue weighted by Gasteiger charge is 2.20. The van der Waals surface area contributed by atoms with Crippen LogP contribution < -0.4 is 11.1 Å². The van der Waals surface area contributed by atoms with Crippen LogP contribution in [0.25, 0.3) is 0 Å². The number of nitrogens with one attached hydrogen (secondary N) is 1. The van der Waals surface area contributed by atoms with E-state index in [1.54, 1.807) is 0 Å². The number of nitrogens with zero attached hydrogens (tertiary/aromatic N) is 2. The molecule has 20 heavy (non-hydrogen) atoms. The monoisotopic (exact) mass is 300 g/mol. The third-order valence-corrected chi connectivity index (χ3v) is 3.17. The number of aliphatic carboxylic acids is 1. The Hall–Kier alpha value is -2.36. The lowest BCUT2D eigenvalue weighted by Crippen LogP contribution is -2.41. The average Bonchev–Trinajstić information content (AvgIpc) is 2.33. The molecular weight excluding hydrogens is 288 g/mol. The van der Waals surface area contributed by atoms with Gasteiger partial charge in [0.05, 0.1) is 9.95 Å². The van der Waals surface area contributed by atoms with E-state index in [1.165, 1.54) is 19.1 Å². The minimum absolute atomic E-state index is 0.0269. The number of anilines is 1. The second kappa shape index (κ2) is 6.70. The molecule has 0 bridgehead atoms. The van der Waals surface area contributed by atoms with Crippen molar-refractivity contribution >= 4 is 35.1 Å². The van der Waals surface area contributed by atoms with E-state index in [2.05, 4.69) is 10.3 Å². The molecule has 1 amide bonds. The van der Waals surface area contributed by atoms with Crippen LogP contribution in [0, 0.1) is 10.1 Å². The number of carboxylic acids is 1. The molecule has 0 aliphatic rings. The van der Waals surface area contributed by atoms with E-state index in [4.69, 9.17) is 10.8 Å². The number of rotatable bonds is 6. The molecule has 0 fully saturated rings. The number of carbonyl (C=O) groups excluding carboxylic acids is 1. The van der Waals surface area contributed by atoms with Crippen LogP contribution in [0.2, 0.25) is 0 Å². The van der Waals surface area contributed by atoms with Crippen molar-refractivity contribution < 1.29 is 19.6 Å². The van der Waals surface area contributed by atoms with Gasteiger partial charge in [0.25, 0.3) is 0 Å². The Balaban J connectivity index is 2.73. The van der Waals surface area contributed by atoms with Gasteiger partial charge < -0.3 is 16.2 Å². The first-order chi connectivity index (χ1) is 9.31. The zero-order valence-electron chi connectivity index (χ0n) is 10.4. The molecule has 0 aliphatic heterocycles. The molecule has 0 saturated heterocycles. The molecule has 1 aromatic heterocycles. The number of carbonyl (C=O) groups is 2. The zero-order valence-corrected chi connectivity index (χ0v) is 11.2. The van der Waals surface area contributed by atoms with Crippen molar-refractivity contribution in [2.75, 3.05) is 11.5 Å². The van der Waals surface area contributed by atoms with Crippen LogP contribution in [-0.4, -0.2) is 38.7 Å². The van der Waals surface area contributed by atoms with Crippen molar-refractivity contribution in [3.8, 4) is 0 Å². The minimum atomic E-state index is -1.18. The largest absolute Gasteiger partial charge is 0.480 e. The topological polar surface area (TPSA) is 148 Å². The van der Waals surface area contributed by atoms with Crippen LogP contribution in [0.3, 0.4) is 0 Å². The van der Waals surface area contributed by atoms with Crippen molar-refractivity contribution in [2.45, 2.75) is 18.0 Å². The number of aromatic nitrogens is 1. The lowest BCUT2D eigenvalue weighted by Gasteiger charge is -2.12. The number of nitrogen functional groups attached to an aromatic ring is 1.